The van der Waals surface area contributed by atoms with Gasteiger partial charge in [-0.05, 0) is 71.1 Å². The third kappa shape index (κ3) is 6.92. The van der Waals surface area contributed by atoms with Crippen molar-refractivity contribution in [2.45, 2.75) is 14.7 Å². The van der Waals surface area contributed by atoms with Crippen molar-refractivity contribution in [1.29, 1.82) is 0 Å². The van der Waals surface area contributed by atoms with Gasteiger partial charge in [0, 0.05) is 16.2 Å². The Hall–Kier alpha value is -5.63. The molecule has 0 fully saturated rings. The molecule has 0 radical (unpaired) electrons. The Morgan fingerprint density at radius 3 is 1.54 bits per heavy atom. The van der Waals surface area contributed by atoms with Gasteiger partial charge in [0.2, 0.25) is 0 Å². The van der Waals surface area contributed by atoms with E-state index in [-0.39, 0.29) is 38.7 Å². The Kier molecular flexibility index (Phi) is 8.68. The maximum atomic E-state index is 12.1. The van der Waals surface area contributed by atoms with Crippen molar-refractivity contribution in [3.63, 3.8) is 0 Å². The summed E-state index contributed by atoms with van der Waals surface area (Å²) in [5.41, 5.74) is 1.29. The molecule has 0 aliphatic carbocycles. The van der Waals surface area contributed by atoms with E-state index >= 15 is 0 Å². The van der Waals surface area contributed by atoms with E-state index in [1.807, 2.05) is 0 Å². The predicted octanol–water partition coefficient (Wildman–Crippen LogP) is 7.64. The summed E-state index contributed by atoms with van der Waals surface area (Å²) < 4.78 is 99.9. The number of phenolic OH excluding ortho intramolecular Hbond substituents is 2. The molecular weight excluding hydrogens is 713 g/mol. The Morgan fingerprint density at radius 1 is 0.460 bits per heavy atom. The van der Waals surface area contributed by atoms with Gasteiger partial charge in [0.1, 0.15) is 21.2 Å². The number of aromatic hydroxyl groups is 2. The van der Waals surface area contributed by atoms with E-state index in [1.54, 1.807) is 60.7 Å². The van der Waals surface area contributed by atoms with Crippen LogP contribution in [-0.4, -0.2) is 49.1 Å². The van der Waals surface area contributed by atoms with Crippen LogP contribution in [0.15, 0.2) is 138 Å². The van der Waals surface area contributed by atoms with Gasteiger partial charge < -0.3 is 10.2 Å². The van der Waals surface area contributed by atoms with Crippen molar-refractivity contribution in [3.05, 3.63) is 103 Å². The molecule has 0 aliphatic rings. The van der Waals surface area contributed by atoms with E-state index < -0.39 is 56.5 Å². The van der Waals surface area contributed by atoms with E-state index in [4.69, 9.17) is 0 Å². The minimum Gasteiger partial charge on any atom is -0.505 e. The molecule has 6 aromatic carbocycles. The summed E-state index contributed by atoms with van der Waals surface area (Å²) in [5.74, 6) is -1.02. The molecule has 6 aromatic rings. The van der Waals surface area contributed by atoms with Gasteiger partial charge in [-0.2, -0.15) is 35.5 Å². The zero-order valence-corrected chi connectivity index (χ0v) is 27.5. The summed E-state index contributed by atoms with van der Waals surface area (Å²) in [6.07, 6.45) is 0. The highest BCUT2D eigenvalue weighted by molar-refractivity contribution is 7.86. The first-order valence-electron chi connectivity index (χ1n) is 14.0. The Labute approximate surface area is 283 Å². The monoisotopic (exact) mass is 734 g/mol. The number of azo groups is 2. The van der Waals surface area contributed by atoms with Gasteiger partial charge in [0.05, 0.1) is 16.3 Å². The summed E-state index contributed by atoms with van der Waals surface area (Å²) in [6.45, 7) is 0. The fourth-order valence-corrected chi connectivity index (χ4v) is 6.94. The number of rotatable bonds is 8. The second-order valence-corrected chi connectivity index (χ2v) is 14.9. The number of phenols is 2. The molecule has 18 heteroatoms. The number of nitrogens with zero attached hydrogens (tertiary/aromatic N) is 4. The van der Waals surface area contributed by atoms with Gasteiger partial charge in [-0.1, -0.05) is 48.5 Å². The van der Waals surface area contributed by atoms with E-state index in [1.165, 1.54) is 12.1 Å². The van der Waals surface area contributed by atoms with Crippen LogP contribution in [0.4, 0.5) is 22.7 Å². The van der Waals surface area contributed by atoms with E-state index in [0.717, 1.165) is 41.5 Å². The highest BCUT2D eigenvalue weighted by Crippen LogP contribution is 2.42. The van der Waals surface area contributed by atoms with E-state index in [2.05, 4.69) is 20.5 Å². The summed E-state index contributed by atoms with van der Waals surface area (Å²) in [4.78, 5) is -1.83. The van der Waals surface area contributed by atoms with Crippen LogP contribution in [-0.2, 0) is 30.4 Å². The van der Waals surface area contributed by atoms with Crippen molar-refractivity contribution >= 4 is 74.6 Å². The van der Waals surface area contributed by atoms with Crippen LogP contribution in [0.1, 0.15) is 0 Å². The van der Waals surface area contributed by atoms with Crippen molar-refractivity contribution in [2.75, 3.05) is 0 Å². The van der Waals surface area contributed by atoms with Crippen LogP contribution in [0.2, 0.25) is 0 Å². The summed E-state index contributed by atoms with van der Waals surface area (Å²) in [6, 6.07) is 24.2. The van der Waals surface area contributed by atoms with Crippen molar-refractivity contribution in [2.24, 2.45) is 20.5 Å². The fourth-order valence-electron chi connectivity index (χ4n) is 5.05. The molecule has 0 heterocycles. The molecule has 0 aliphatic heterocycles. The first kappa shape index (κ1) is 34.2. The van der Waals surface area contributed by atoms with Gasteiger partial charge >= 0.3 is 0 Å². The predicted molar refractivity (Wildman–Crippen MR) is 181 cm³/mol. The average molecular weight is 735 g/mol. The SMILES string of the molecule is O=S(=O)(O)c1ccc2c(O)c(N=Nc3ccc(-c4ccc(N=Nc5cc(S(=O)(=O)O)c6ccccc6c5O)cc4)cc3)c(S(=O)(=O)O)cc2c1. The van der Waals surface area contributed by atoms with Crippen LogP contribution in [0.25, 0.3) is 32.7 Å². The van der Waals surface area contributed by atoms with Gasteiger partial charge in [-0.25, -0.2) is 0 Å². The van der Waals surface area contributed by atoms with Gasteiger partial charge in [0.25, 0.3) is 30.4 Å². The molecule has 0 spiro atoms. The van der Waals surface area contributed by atoms with Gasteiger partial charge in [0.15, 0.2) is 11.5 Å². The second-order valence-electron chi connectivity index (χ2n) is 10.7. The molecule has 0 saturated heterocycles. The molecule has 0 saturated carbocycles. The van der Waals surface area contributed by atoms with E-state index in [0.29, 0.717) is 5.69 Å². The lowest BCUT2D eigenvalue weighted by Crippen LogP contribution is -2.00. The molecule has 0 atom stereocenters. The van der Waals surface area contributed by atoms with E-state index in [9.17, 15) is 49.1 Å². The number of hydrogen-bond donors (Lipinski definition) is 5. The summed E-state index contributed by atoms with van der Waals surface area (Å²) in [5, 5.41) is 37.5. The molecule has 0 bridgehead atoms. The maximum absolute atomic E-state index is 12.1. The zero-order valence-electron chi connectivity index (χ0n) is 25.0. The lowest BCUT2D eigenvalue weighted by atomic mass is 10.1. The summed E-state index contributed by atoms with van der Waals surface area (Å²) in [7, 11) is -14.2. The van der Waals surface area contributed by atoms with Crippen LogP contribution >= 0.6 is 0 Å². The van der Waals surface area contributed by atoms with Crippen LogP contribution in [0, 0.1) is 0 Å². The normalized spacial score (nSPS) is 12.8. The Morgan fingerprint density at radius 2 is 1.00 bits per heavy atom. The molecule has 15 nitrogen and oxygen atoms in total. The van der Waals surface area contributed by atoms with Crippen LogP contribution in [0.5, 0.6) is 11.5 Å². The largest absolute Gasteiger partial charge is 0.505 e. The topological polar surface area (TPSA) is 253 Å². The lowest BCUT2D eigenvalue weighted by molar-refractivity contribution is 0.472. The maximum Gasteiger partial charge on any atom is 0.296 e. The molecular formula is C32H22N4O11S3. The lowest BCUT2D eigenvalue weighted by Gasteiger charge is -2.09. The Bertz CT molecular complexity index is 2730. The molecule has 254 valence electrons. The van der Waals surface area contributed by atoms with Crippen LogP contribution in [0.3, 0.4) is 0 Å². The van der Waals surface area contributed by atoms with Gasteiger partial charge in [-0.15, -0.1) is 10.2 Å². The molecule has 0 unspecified atom stereocenters. The average Bonchev–Trinajstić information content (AvgIpc) is 3.06. The molecule has 0 amide bonds. The van der Waals surface area contributed by atoms with Crippen LogP contribution < -0.4 is 0 Å². The first-order valence-corrected chi connectivity index (χ1v) is 18.3. The number of benzene rings is 6. The second kappa shape index (κ2) is 12.7. The smallest absolute Gasteiger partial charge is 0.296 e. The van der Waals surface area contributed by atoms with Crippen molar-refractivity contribution in [3.8, 4) is 22.6 Å². The minimum absolute atomic E-state index is 0.0194. The number of hydrogen-bond acceptors (Lipinski definition) is 12. The van der Waals surface area contributed by atoms with Crippen molar-refractivity contribution < 1.29 is 49.1 Å². The third-order valence-electron chi connectivity index (χ3n) is 7.44. The third-order valence-corrected chi connectivity index (χ3v) is 10.1. The van der Waals surface area contributed by atoms with Gasteiger partial charge in [-0.3, -0.25) is 13.7 Å². The molecule has 6 rings (SSSR count). The molecule has 5 N–H and O–H groups in total. The Balaban J connectivity index is 1.25. The highest BCUT2D eigenvalue weighted by atomic mass is 32.2. The quantitative estimate of drug-likeness (QED) is 0.0750. The fraction of sp³-hybridized carbons (Fsp3) is 0. The number of fused-ring (bicyclic) bond motifs is 2. The summed E-state index contributed by atoms with van der Waals surface area (Å²) >= 11 is 0. The standard InChI is InChI=1S/C32H22N4O11S3/c37-31-26-4-2-1-3-25(26)28(49(42,43)44)17-27(31)35-33-21-9-5-18(6-10-21)19-7-11-22(12-8-19)34-36-30-29(50(45,46)47)16-20-15-23(48(39,40)41)13-14-24(20)32(30)38/h1-17,37-38H,(H,39,40,41)(H,42,43,44)(H,45,46,47). The molecule has 50 heavy (non-hydrogen) atoms. The highest BCUT2D eigenvalue weighted by Gasteiger charge is 2.23. The zero-order chi connectivity index (χ0) is 36.0. The minimum atomic E-state index is -4.97. The molecule has 0 aromatic heterocycles. The van der Waals surface area contributed by atoms with Crippen molar-refractivity contribution in [1.82, 2.24) is 0 Å². The first-order chi connectivity index (χ1) is 23.5.